The average Bonchev–Trinajstić information content (AvgIpc) is 2.85. The first-order valence-corrected chi connectivity index (χ1v) is 14.5. The number of unbranched alkanes of at least 4 members (excludes halogenated alkanes) is 8. The minimum atomic E-state index is -5.00. The molecule has 1 rings (SSSR count). The Balaban J connectivity index is 0.0000130. The van der Waals surface area contributed by atoms with Gasteiger partial charge in [0.05, 0.1) is 29.2 Å². The smallest absolute Gasteiger partial charge is 0.744 e. The van der Waals surface area contributed by atoms with Crippen LogP contribution in [-0.4, -0.2) is 38.1 Å². The van der Waals surface area contributed by atoms with Gasteiger partial charge in [0.2, 0.25) is 0 Å². The summed E-state index contributed by atoms with van der Waals surface area (Å²) in [4.78, 5) is 24.6. The summed E-state index contributed by atoms with van der Waals surface area (Å²) in [5.41, 5.74) is -0.825. The van der Waals surface area contributed by atoms with Gasteiger partial charge in [-0.25, -0.2) is 18.0 Å². The second-order valence-electron chi connectivity index (χ2n) is 8.57. The molecular formula is C28H41NaO7S. The van der Waals surface area contributed by atoms with Crippen molar-refractivity contribution in [3.63, 3.8) is 0 Å². The summed E-state index contributed by atoms with van der Waals surface area (Å²) in [5, 5.41) is 0. The largest absolute Gasteiger partial charge is 1.00 e. The fourth-order valence-electron chi connectivity index (χ4n) is 3.60. The molecule has 0 fully saturated rings. The standard InChI is InChI=1S/C28H42O7S.Na/c1-3-5-7-9-11-13-15-17-22-34-27(29)24-20-19-21-25(36(31,32)33)26(24)28(30)35-23-18-16-14-12-10-8-6-4-2;/h5-8,19-21H,3-4,9-18,22-23H2,1-2H3,(H,31,32,33);/q;+1/p-1/b7-5+,8-6+;. The molecule has 0 aliphatic carbocycles. The van der Waals surface area contributed by atoms with Gasteiger partial charge in [0.25, 0.3) is 0 Å². The number of carbonyl (C=O) groups is 2. The van der Waals surface area contributed by atoms with Gasteiger partial charge in [-0.05, 0) is 63.5 Å². The number of allylic oxidation sites excluding steroid dienone is 4. The van der Waals surface area contributed by atoms with Gasteiger partial charge in [-0.15, -0.1) is 0 Å². The van der Waals surface area contributed by atoms with Crippen LogP contribution in [-0.2, 0) is 19.6 Å². The van der Waals surface area contributed by atoms with Gasteiger partial charge in [-0.1, -0.05) is 69.9 Å². The Kier molecular flexibility index (Phi) is 20.6. The van der Waals surface area contributed by atoms with Gasteiger partial charge in [-0.3, -0.25) is 0 Å². The Labute approximate surface area is 245 Å². The van der Waals surface area contributed by atoms with Crippen LogP contribution in [0, 0.1) is 0 Å². The predicted octanol–water partition coefficient (Wildman–Crippen LogP) is 3.74. The minimum Gasteiger partial charge on any atom is -0.744 e. The predicted molar refractivity (Wildman–Crippen MR) is 140 cm³/mol. The van der Waals surface area contributed by atoms with Crippen LogP contribution in [0.15, 0.2) is 47.4 Å². The summed E-state index contributed by atoms with van der Waals surface area (Å²) >= 11 is 0. The Morgan fingerprint density at radius 2 is 1.24 bits per heavy atom. The zero-order valence-electron chi connectivity index (χ0n) is 22.7. The second-order valence-corrected chi connectivity index (χ2v) is 9.92. The van der Waals surface area contributed by atoms with Crippen molar-refractivity contribution in [2.24, 2.45) is 0 Å². The van der Waals surface area contributed by atoms with Gasteiger partial charge < -0.3 is 14.0 Å². The molecule has 9 heteroatoms. The van der Waals surface area contributed by atoms with E-state index in [1.165, 1.54) is 12.1 Å². The number of benzene rings is 1. The molecule has 37 heavy (non-hydrogen) atoms. The first-order valence-electron chi connectivity index (χ1n) is 13.1. The molecule has 0 saturated heterocycles. The molecule has 0 N–H and O–H groups in total. The third-order valence-electron chi connectivity index (χ3n) is 5.52. The molecule has 1 aromatic carbocycles. The summed E-state index contributed by atoms with van der Waals surface area (Å²) in [7, 11) is -5.00. The molecule has 0 radical (unpaired) electrons. The monoisotopic (exact) mass is 544 g/mol. The number of hydrogen-bond donors (Lipinski definition) is 0. The van der Waals surface area contributed by atoms with Crippen molar-refractivity contribution in [1.29, 1.82) is 0 Å². The number of esters is 2. The molecule has 7 nitrogen and oxygen atoms in total. The summed E-state index contributed by atoms with van der Waals surface area (Å²) < 4.78 is 45.8. The van der Waals surface area contributed by atoms with Crippen molar-refractivity contribution in [2.75, 3.05) is 13.2 Å². The van der Waals surface area contributed by atoms with Crippen LogP contribution >= 0.6 is 0 Å². The van der Waals surface area contributed by atoms with Crippen LogP contribution in [0.3, 0.4) is 0 Å². The Morgan fingerprint density at radius 1 is 0.757 bits per heavy atom. The van der Waals surface area contributed by atoms with Gasteiger partial charge in [0.15, 0.2) is 0 Å². The average molecular weight is 545 g/mol. The fraction of sp³-hybridized carbons (Fsp3) is 0.571. The Morgan fingerprint density at radius 3 is 1.73 bits per heavy atom. The van der Waals surface area contributed by atoms with E-state index in [0.29, 0.717) is 12.8 Å². The maximum Gasteiger partial charge on any atom is 1.00 e. The number of hydrogen-bond acceptors (Lipinski definition) is 7. The minimum absolute atomic E-state index is 0. The van der Waals surface area contributed by atoms with E-state index in [1.54, 1.807) is 0 Å². The molecule has 1 aromatic rings. The number of carbonyl (C=O) groups excluding carboxylic acids is 2. The van der Waals surface area contributed by atoms with Crippen molar-refractivity contribution < 1.29 is 61.6 Å². The summed E-state index contributed by atoms with van der Waals surface area (Å²) in [6, 6.07) is 3.53. The Bertz CT molecular complexity index is 955. The molecule has 0 bridgehead atoms. The van der Waals surface area contributed by atoms with Crippen LogP contribution in [0.25, 0.3) is 0 Å². The van der Waals surface area contributed by atoms with Crippen LogP contribution in [0.2, 0.25) is 0 Å². The van der Waals surface area contributed by atoms with E-state index in [0.717, 1.165) is 70.3 Å². The summed E-state index contributed by atoms with van der Waals surface area (Å²) in [6.07, 6.45) is 19.7. The fourth-order valence-corrected chi connectivity index (χ4v) is 4.29. The maximum atomic E-state index is 12.7. The molecule has 0 spiro atoms. The number of ether oxygens (including phenoxy) is 2. The zero-order chi connectivity index (χ0) is 26.7. The molecule has 202 valence electrons. The third kappa shape index (κ3) is 15.5. The SMILES string of the molecule is CC/C=C/CCCCCCOC(=O)c1cccc(S(=O)(=O)[O-])c1C(=O)OCCCCCC/C=C/CC.[Na+]. The third-order valence-corrected chi connectivity index (χ3v) is 6.40. The van der Waals surface area contributed by atoms with Crippen LogP contribution in [0.4, 0.5) is 0 Å². The van der Waals surface area contributed by atoms with Crippen molar-refractivity contribution in [3.05, 3.63) is 53.6 Å². The zero-order valence-corrected chi connectivity index (χ0v) is 25.5. The molecule has 0 amide bonds. The van der Waals surface area contributed by atoms with E-state index < -0.39 is 32.5 Å². The molecule has 0 saturated carbocycles. The molecule has 0 heterocycles. The first kappa shape index (κ1) is 35.5. The normalized spacial score (nSPS) is 11.5. The molecule has 0 aliphatic heterocycles. The van der Waals surface area contributed by atoms with Crippen LogP contribution in [0.1, 0.15) is 112 Å². The van der Waals surface area contributed by atoms with Crippen molar-refractivity contribution in [1.82, 2.24) is 0 Å². The van der Waals surface area contributed by atoms with Crippen molar-refractivity contribution >= 4 is 22.1 Å². The van der Waals surface area contributed by atoms with E-state index in [1.807, 2.05) is 0 Å². The van der Waals surface area contributed by atoms with E-state index >= 15 is 0 Å². The van der Waals surface area contributed by atoms with Crippen molar-refractivity contribution in [2.45, 2.75) is 95.8 Å². The van der Waals surface area contributed by atoms with E-state index in [2.05, 4.69) is 38.2 Å². The molecule has 0 aliphatic rings. The van der Waals surface area contributed by atoms with Gasteiger partial charge in [0, 0.05) is 0 Å². The van der Waals surface area contributed by atoms with E-state index in [4.69, 9.17) is 9.47 Å². The molecular weight excluding hydrogens is 503 g/mol. The van der Waals surface area contributed by atoms with Crippen LogP contribution in [0.5, 0.6) is 0 Å². The van der Waals surface area contributed by atoms with Gasteiger partial charge >= 0.3 is 41.5 Å². The van der Waals surface area contributed by atoms with E-state index in [9.17, 15) is 22.6 Å². The second kappa shape index (κ2) is 21.5. The molecule has 0 aromatic heterocycles. The van der Waals surface area contributed by atoms with E-state index in [-0.39, 0.29) is 48.3 Å². The Hall–Kier alpha value is -1.45. The van der Waals surface area contributed by atoms with Crippen LogP contribution < -0.4 is 29.6 Å². The maximum absolute atomic E-state index is 12.7. The quantitative estimate of drug-likeness (QED) is 0.0858. The first-order chi connectivity index (χ1) is 17.3. The molecule has 0 atom stereocenters. The summed E-state index contributed by atoms with van der Waals surface area (Å²) in [5.74, 6) is -1.86. The van der Waals surface area contributed by atoms with Gasteiger partial charge in [-0.2, -0.15) is 0 Å². The van der Waals surface area contributed by atoms with Crippen molar-refractivity contribution in [3.8, 4) is 0 Å². The summed E-state index contributed by atoms with van der Waals surface area (Å²) in [6.45, 7) is 4.38. The van der Waals surface area contributed by atoms with Gasteiger partial charge in [0.1, 0.15) is 10.1 Å². The topological polar surface area (TPSA) is 110 Å². The number of rotatable bonds is 19. The molecule has 0 unspecified atom stereocenters.